The van der Waals surface area contributed by atoms with E-state index in [9.17, 15) is 9.59 Å². The van der Waals surface area contributed by atoms with Crippen LogP contribution in [0.25, 0.3) is 0 Å². The van der Waals surface area contributed by atoms with E-state index < -0.39 is 5.97 Å². The lowest BCUT2D eigenvalue weighted by molar-refractivity contribution is -0.124. The lowest BCUT2D eigenvalue weighted by Gasteiger charge is -2.12. The van der Waals surface area contributed by atoms with Crippen molar-refractivity contribution in [1.82, 2.24) is 5.32 Å². The van der Waals surface area contributed by atoms with Gasteiger partial charge in [-0.05, 0) is 31.0 Å². The highest BCUT2D eigenvalue weighted by Gasteiger charge is 2.24. The Morgan fingerprint density at radius 3 is 2.56 bits per heavy atom. The minimum absolute atomic E-state index is 0.242. The minimum Gasteiger partial charge on any atom is -0.488 e. The number of carbonyl (C=O) groups excluding carboxylic acids is 2. The molecule has 25 heavy (non-hydrogen) atoms. The summed E-state index contributed by atoms with van der Waals surface area (Å²) in [5.41, 5.74) is 1.27. The van der Waals surface area contributed by atoms with E-state index in [1.54, 1.807) is 24.3 Å². The molecular formula is C19H18BrNO4. The third-order valence-electron chi connectivity index (χ3n) is 3.72. The van der Waals surface area contributed by atoms with Gasteiger partial charge in [0.1, 0.15) is 17.9 Å². The third-order valence-corrected chi connectivity index (χ3v) is 4.50. The lowest BCUT2D eigenvalue weighted by Crippen LogP contribution is -2.30. The summed E-state index contributed by atoms with van der Waals surface area (Å²) in [4.78, 5) is 23.9. The highest BCUT2D eigenvalue weighted by molar-refractivity contribution is 9.10. The van der Waals surface area contributed by atoms with Crippen LogP contribution in [-0.2, 0) is 16.1 Å². The average molecular weight is 404 g/mol. The summed E-state index contributed by atoms with van der Waals surface area (Å²) < 4.78 is 11.8. The second kappa shape index (κ2) is 8.16. The predicted molar refractivity (Wildman–Crippen MR) is 96.4 cm³/mol. The molecule has 1 saturated carbocycles. The number of rotatable bonds is 7. The van der Waals surface area contributed by atoms with E-state index in [1.807, 2.05) is 24.3 Å². The van der Waals surface area contributed by atoms with Crippen LogP contribution in [0.1, 0.15) is 28.8 Å². The van der Waals surface area contributed by atoms with Gasteiger partial charge in [-0.25, -0.2) is 4.79 Å². The quantitative estimate of drug-likeness (QED) is 0.718. The zero-order chi connectivity index (χ0) is 17.6. The van der Waals surface area contributed by atoms with Gasteiger partial charge in [-0.1, -0.05) is 46.3 Å². The molecule has 0 heterocycles. The van der Waals surface area contributed by atoms with Crippen LogP contribution >= 0.6 is 15.9 Å². The Morgan fingerprint density at radius 2 is 1.80 bits per heavy atom. The van der Waals surface area contributed by atoms with Crippen LogP contribution in [0.15, 0.2) is 53.0 Å². The largest absolute Gasteiger partial charge is 0.488 e. The number of hydrogen-bond acceptors (Lipinski definition) is 4. The van der Waals surface area contributed by atoms with Gasteiger partial charge in [-0.3, -0.25) is 4.79 Å². The van der Waals surface area contributed by atoms with Crippen molar-refractivity contribution < 1.29 is 19.1 Å². The number of para-hydroxylation sites is 1. The highest BCUT2D eigenvalue weighted by Crippen LogP contribution is 2.23. The topological polar surface area (TPSA) is 64.6 Å². The number of nitrogens with one attached hydrogen (secondary N) is 1. The molecule has 0 saturated heterocycles. The number of halogens is 1. The number of carbonyl (C=O) groups is 2. The summed E-state index contributed by atoms with van der Waals surface area (Å²) >= 11 is 3.47. The number of amides is 1. The fourth-order valence-corrected chi connectivity index (χ4v) is 2.64. The van der Waals surface area contributed by atoms with Gasteiger partial charge in [0.25, 0.3) is 5.91 Å². The van der Waals surface area contributed by atoms with Crippen molar-refractivity contribution in [1.29, 1.82) is 0 Å². The standard InChI is InChI=1S/C19H18BrNO4/c20-16-7-3-1-5-13(16)11-24-17-8-4-2-6-15(17)19(23)25-12-18(22)21-14-9-10-14/h1-8,14H,9-12H2,(H,21,22). The van der Waals surface area contributed by atoms with Crippen molar-refractivity contribution in [2.75, 3.05) is 6.61 Å². The molecule has 3 rings (SSSR count). The van der Waals surface area contributed by atoms with E-state index in [2.05, 4.69) is 21.2 Å². The van der Waals surface area contributed by atoms with Crippen LogP contribution < -0.4 is 10.1 Å². The predicted octanol–water partition coefficient (Wildman–Crippen LogP) is 3.46. The van der Waals surface area contributed by atoms with E-state index in [1.165, 1.54) is 0 Å². The molecule has 1 fully saturated rings. The third kappa shape index (κ3) is 5.06. The fourth-order valence-electron chi connectivity index (χ4n) is 2.24. The summed E-state index contributed by atoms with van der Waals surface area (Å²) in [5, 5.41) is 2.78. The summed E-state index contributed by atoms with van der Waals surface area (Å²) in [7, 11) is 0. The maximum atomic E-state index is 12.3. The number of ether oxygens (including phenoxy) is 2. The van der Waals surface area contributed by atoms with Crippen LogP contribution in [0.3, 0.4) is 0 Å². The number of esters is 1. The Balaban J connectivity index is 1.60. The molecule has 0 bridgehead atoms. The lowest BCUT2D eigenvalue weighted by atomic mass is 10.2. The van der Waals surface area contributed by atoms with Gasteiger partial charge in [-0.2, -0.15) is 0 Å². The molecule has 130 valence electrons. The minimum atomic E-state index is -0.575. The second-order valence-electron chi connectivity index (χ2n) is 5.79. The van der Waals surface area contributed by atoms with Crippen LogP contribution in [0, 0.1) is 0 Å². The van der Waals surface area contributed by atoms with Gasteiger partial charge >= 0.3 is 5.97 Å². The van der Waals surface area contributed by atoms with Gasteiger partial charge in [0.15, 0.2) is 6.61 Å². The maximum Gasteiger partial charge on any atom is 0.342 e. The first-order valence-electron chi connectivity index (χ1n) is 8.05. The van der Waals surface area contributed by atoms with E-state index >= 15 is 0 Å². The number of benzene rings is 2. The highest BCUT2D eigenvalue weighted by atomic mass is 79.9. The molecule has 1 N–H and O–H groups in total. The molecule has 6 heteroatoms. The molecule has 1 amide bonds. The Hall–Kier alpha value is -2.34. The SMILES string of the molecule is O=C(COC(=O)c1ccccc1OCc1ccccc1Br)NC1CC1. The molecule has 5 nitrogen and oxygen atoms in total. The van der Waals surface area contributed by atoms with Crippen molar-refractivity contribution in [3.63, 3.8) is 0 Å². The average Bonchev–Trinajstić information content (AvgIpc) is 3.43. The maximum absolute atomic E-state index is 12.3. The molecule has 1 aliphatic carbocycles. The fraction of sp³-hybridized carbons (Fsp3) is 0.263. The first kappa shape index (κ1) is 17.5. The molecule has 0 spiro atoms. The second-order valence-corrected chi connectivity index (χ2v) is 6.65. The molecule has 0 unspecified atom stereocenters. The normalized spacial score (nSPS) is 13.2. The van der Waals surface area contributed by atoms with Crippen LogP contribution in [0.4, 0.5) is 0 Å². The zero-order valence-corrected chi connectivity index (χ0v) is 15.1. The van der Waals surface area contributed by atoms with Gasteiger partial charge in [0.2, 0.25) is 0 Å². The van der Waals surface area contributed by atoms with Crippen molar-refractivity contribution in [2.45, 2.75) is 25.5 Å². The molecule has 2 aromatic rings. The monoisotopic (exact) mass is 403 g/mol. The summed E-state index contributed by atoms with van der Waals surface area (Å²) in [5.74, 6) is -0.429. The van der Waals surface area contributed by atoms with Gasteiger partial charge in [0, 0.05) is 16.1 Å². The molecule has 0 aliphatic heterocycles. The zero-order valence-electron chi connectivity index (χ0n) is 13.5. The Kier molecular flexibility index (Phi) is 5.71. The Morgan fingerprint density at radius 1 is 1.08 bits per heavy atom. The van der Waals surface area contributed by atoms with Crippen molar-refractivity contribution in [3.8, 4) is 5.75 Å². The Bertz CT molecular complexity index is 774. The van der Waals surface area contributed by atoms with E-state index in [0.717, 1.165) is 22.9 Å². The summed E-state index contributed by atoms with van der Waals surface area (Å²) in [6, 6.07) is 14.8. The van der Waals surface area contributed by atoms with Crippen molar-refractivity contribution in [2.24, 2.45) is 0 Å². The molecule has 0 radical (unpaired) electrons. The van der Waals surface area contributed by atoms with E-state index in [-0.39, 0.29) is 18.6 Å². The van der Waals surface area contributed by atoms with Gasteiger partial charge in [0.05, 0.1) is 0 Å². The van der Waals surface area contributed by atoms with Crippen molar-refractivity contribution >= 4 is 27.8 Å². The first-order valence-corrected chi connectivity index (χ1v) is 8.84. The summed E-state index contributed by atoms with van der Waals surface area (Å²) in [6.07, 6.45) is 1.98. The van der Waals surface area contributed by atoms with Crippen LogP contribution in [0.2, 0.25) is 0 Å². The summed E-state index contributed by atoms with van der Waals surface area (Å²) in [6.45, 7) is 0.0295. The van der Waals surface area contributed by atoms with Gasteiger partial charge in [-0.15, -0.1) is 0 Å². The van der Waals surface area contributed by atoms with Crippen LogP contribution in [-0.4, -0.2) is 24.5 Å². The Labute approximate surface area is 154 Å². The molecule has 2 aromatic carbocycles. The molecule has 0 atom stereocenters. The molecule has 1 aliphatic rings. The van der Waals surface area contributed by atoms with E-state index in [4.69, 9.17) is 9.47 Å². The first-order chi connectivity index (χ1) is 12.1. The molecule has 0 aromatic heterocycles. The van der Waals surface area contributed by atoms with Crippen molar-refractivity contribution in [3.05, 3.63) is 64.1 Å². The molecular weight excluding hydrogens is 386 g/mol. The number of hydrogen-bond donors (Lipinski definition) is 1. The van der Waals surface area contributed by atoms with Gasteiger partial charge < -0.3 is 14.8 Å². The van der Waals surface area contributed by atoms with E-state index in [0.29, 0.717) is 17.9 Å². The smallest absolute Gasteiger partial charge is 0.342 e. The van der Waals surface area contributed by atoms with Crippen LogP contribution in [0.5, 0.6) is 5.75 Å².